The fourth-order valence-corrected chi connectivity index (χ4v) is 2.86. The monoisotopic (exact) mass is 280 g/mol. The number of para-hydroxylation sites is 1. The molecule has 1 aliphatic heterocycles. The van der Waals surface area contributed by atoms with Gasteiger partial charge in [-0.2, -0.15) is 0 Å². The first-order valence-corrected chi connectivity index (χ1v) is 7.19. The van der Waals surface area contributed by atoms with Crippen molar-refractivity contribution in [2.75, 3.05) is 23.0 Å². The summed E-state index contributed by atoms with van der Waals surface area (Å²) < 4.78 is 0. The Morgan fingerprint density at radius 2 is 2.16 bits per heavy atom. The van der Waals surface area contributed by atoms with Crippen molar-refractivity contribution in [2.45, 2.75) is 12.5 Å². The molecule has 0 radical (unpaired) electrons. The summed E-state index contributed by atoms with van der Waals surface area (Å²) in [6.45, 7) is 0.698. The van der Waals surface area contributed by atoms with Gasteiger partial charge in [0.25, 0.3) is 0 Å². The van der Waals surface area contributed by atoms with E-state index in [0.717, 1.165) is 12.1 Å². The second-order valence-corrected chi connectivity index (χ2v) is 5.41. The van der Waals surface area contributed by atoms with Crippen molar-refractivity contribution in [3.05, 3.63) is 29.8 Å². The van der Waals surface area contributed by atoms with Crippen LogP contribution in [0, 0.1) is 0 Å². The maximum absolute atomic E-state index is 12.1. The molecule has 1 amide bonds. The molecule has 5 nitrogen and oxygen atoms in total. The van der Waals surface area contributed by atoms with Crippen molar-refractivity contribution < 1.29 is 14.7 Å². The number of aliphatic carboxylic acids is 1. The minimum absolute atomic E-state index is 0.00698. The molecule has 2 rings (SSSR count). The lowest BCUT2D eigenvalue weighted by Crippen LogP contribution is -2.34. The zero-order valence-corrected chi connectivity index (χ0v) is 11.2. The lowest BCUT2D eigenvalue weighted by Gasteiger charge is -2.17. The quantitative estimate of drug-likeness (QED) is 0.830. The average Bonchev–Trinajstić information content (AvgIpc) is 2.82. The van der Waals surface area contributed by atoms with Crippen molar-refractivity contribution >= 4 is 29.3 Å². The van der Waals surface area contributed by atoms with Crippen LogP contribution in [0.2, 0.25) is 0 Å². The van der Waals surface area contributed by atoms with E-state index in [2.05, 4.69) is 0 Å². The molecule has 1 atom stereocenters. The molecule has 0 aromatic heterocycles. The van der Waals surface area contributed by atoms with Crippen molar-refractivity contribution in [2.24, 2.45) is 5.73 Å². The van der Waals surface area contributed by atoms with Gasteiger partial charge in [0.2, 0.25) is 5.91 Å². The highest BCUT2D eigenvalue weighted by molar-refractivity contribution is 8.00. The Kier molecular flexibility index (Phi) is 4.44. The summed E-state index contributed by atoms with van der Waals surface area (Å²) in [6.07, 6.45) is 0.876. The molecule has 0 spiro atoms. The number of thioether (sulfide) groups is 1. The molecule has 3 N–H and O–H groups in total. The minimum Gasteiger partial charge on any atom is -0.480 e. The summed E-state index contributed by atoms with van der Waals surface area (Å²) in [5.74, 6) is -0.523. The van der Waals surface area contributed by atoms with Gasteiger partial charge in [0.1, 0.15) is 6.04 Å². The average molecular weight is 280 g/mol. The predicted octanol–water partition coefficient (Wildman–Crippen LogP) is 0.721. The maximum atomic E-state index is 12.1. The predicted molar refractivity (Wildman–Crippen MR) is 75.4 cm³/mol. The van der Waals surface area contributed by atoms with Gasteiger partial charge < -0.3 is 15.7 Å². The van der Waals surface area contributed by atoms with E-state index < -0.39 is 12.0 Å². The lowest BCUT2D eigenvalue weighted by molar-refractivity contribution is -0.137. The van der Waals surface area contributed by atoms with Crippen LogP contribution in [0.15, 0.2) is 24.3 Å². The molecule has 1 aromatic carbocycles. The Balaban J connectivity index is 1.87. The molecule has 1 aliphatic rings. The second-order valence-electron chi connectivity index (χ2n) is 4.38. The number of anilines is 1. The first-order chi connectivity index (χ1) is 9.09. The van der Waals surface area contributed by atoms with E-state index in [9.17, 15) is 9.59 Å². The van der Waals surface area contributed by atoms with E-state index in [0.29, 0.717) is 6.54 Å². The summed E-state index contributed by atoms with van der Waals surface area (Å²) in [5.41, 5.74) is 7.54. The number of carbonyl (C=O) groups excluding carboxylic acids is 1. The van der Waals surface area contributed by atoms with Gasteiger partial charge in [-0.3, -0.25) is 9.59 Å². The molecule has 102 valence electrons. The van der Waals surface area contributed by atoms with Crippen LogP contribution in [0.5, 0.6) is 0 Å². The highest BCUT2D eigenvalue weighted by Gasteiger charge is 2.24. The van der Waals surface area contributed by atoms with Crippen LogP contribution in [0.3, 0.4) is 0 Å². The lowest BCUT2D eigenvalue weighted by atomic mass is 10.2. The van der Waals surface area contributed by atoms with Gasteiger partial charge in [0.15, 0.2) is 0 Å². The Bertz CT molecular complexity index is 493. The van der Waals surface area contributed by atoms with Crippen LogP contribution in [0.1, 0.15) is 5.56 Å². The van der Waals surface area contributed by atoms with Gasteiger partial charge in [-0.15, -0.1) is 11.8 Å². The SMILES string of the molecule is N[C@H](CSCC(=O)N1CCc2ccccc21)C(=O)O. The molecule has 1 heterocycles. The maximum Gasteiger partial charge on any atom is 0.321 e. The van der Waals surface area contributed by atoms with E-state index in [1.54, 1.807) is 4.90 Å². The number of amides is 1. The molecular weight excluding hydrogens is 264 g/mol. The number of carbonyl (C=O) groups is 2. The largest absolute Gasteiger partial charge is 0.480 e. The topological polar surface area (TPSA) is 83.6 Å². The molecule has 0 saturated carbocycles. The third kappa shape index (κ3) is 3.27. The Hall–Kier alpha value is -1.53. The highest BCUT2D eigenvalue weighted by Crippen LogP contribution is 2.27. The van der Waals surface area contributed by atoms with Gasteiger partial charge in [-0.25, -0.2) is 0 Å². The van der Waals surface area contributed by atoms with E-state index >= 15 is 0 Å². The first kappa shape index (κ1) is 13.9. The molecule has 0 aliphatic carbocycles. The number of carboxylic acid groups (broad SMARTS) is 1. The third-order valence-corrected chi connectivity index (χ3v) is 4.07. The van der Waals surface area contributed by atoms with Gasteiger partial charge >= 0.3 is 5.97 Å². The second kappa shape index (κ2) is 6.08. The molecule has 0 fully saturated rings. The van der Waals surface area contributed by atoms with Gasteiger partial charge in [0.05, 0.1) is 5.75 Å². The number of fused-ring (bicyclic) bond motifs is 1. The molecule has 1 aromatic rings. The van der Waals surface area contributed by atoms with Gasteiger partial charge in [0, 0.05) is 18.0 Å². The van der Waals surface area contributed by atoms with E-state index in [4.69, 9.17) is 10.8 Å². The zero-order chi connectivity index (χ0) is 13.8. The smallest absolute Gasteiger partial charge is 0.321 e. The van der Waals surface area contributed by atoms with Gasteiger partial charge in [-0.05, 0) is 18.1 Å². The van der Waals surface area contributed by atoms with Crippen LogP contribution in [-0.4, -0.2) is 41.1 Å². The van der Waals surface area contributed by atoms with Crippen LogP contribution in [-0.2, 0) is 16.0 Å². The Labute approximate surface area is 115 Å². The minimum atomic E-state index is -1.04. The summed E-state index contributed by atoms with van der Waals surface area (Å²) in [4.78, 5) is 24.4. The summed E-state index contributed by atoms with van der Waals surface area (Å²) in [5, 5.41) is 8.66. The number of hydrogen-bond donors (Lipinski definition) is 2. The Morgan fingerprint density at radius 1 is 1.42 bits per heavy atom. The van der Waals surface area contributed by atoms with Crippen LogP contribution in [0.4, 0.5) is 5.69 Å². The molecular formula is C13H16N2O3S. The fourth-order valence-electron chi connectivity index (χ4n) is 2.02. The molecule has 0 saturated heterocycles. The number of carboxylic acids is 1. The van der Waals surface area contributed by atoms with Crippen molar-refractivity contribution in [1.29, 1.82) is 0 Å². The fraction of sp³-hybridized carbons (Fsp3) is 0.385. The Morgan fingerprint density at radius 3 is 2.89 bits per heavy atom. The number of hydrogen-bond acceptors (Lipinski definition) is 4. The van der Waals surface area contributed by atoms with Crippen molar-refractivity contribution in [1.82, 2.24) is 0 Å². The highest BCUT2D eigenvalue weighted by atomic mass is 32.2. The zero-order valence-electron chi connectivity index (χ0n) is 10.4. The summed E-state index contributed by atoms with van der Waals surface area (Å²) in [7, 11) is 0. The number of benzene rings is 1. The van der Waals surface area contributed by atoms with Crippen LogP contribution >= 0.6 is 11.8 Å². The van der Waals surface area contributed by atoms with E-state index in [1.165, 1.54) is 17.3 Å². The first-order valence-electron chi connectivity index (χ1n) is 6.04. The number of rotatable bonds is 5. The van der Waals surface area contributed by atoms with E-state index in [-0.39, 0.29) is 17.4 Å². The molecule has 0 bridgehead atoms. The van der Waals surface area contributed by atoms with E-state index in [1.807, 2.05) is 24.3 Å². The standard InChI is InChI=1S/C13H16N2O3S/c14-10(13(17)18)7-19-8-12(16)15-6-5-9-3-1-2-4-11(9)15/h1-4,10H,5-8,14H2,(H,17,18)/t10-/m1/s1. The number of nitrogens with two attached hydrogens (primary N) is 1. The van der Waals surface area contributed by atoms with Crippen LogP contribution < -0.4 is 10.6 Å². The molecule has 0 unspecified atom stereocenters. The van der Waals surface area contributed by atoms with Crippen molar-refractivity contribution in [3.8, 4) is 0 Å². The molecule has 19 heavy (non-hydrogen) atoms. The number of nitrogens with zero attached hydrogens (tertiary/aromatic N) is 1. The summed E-state index contributed by atoms with van der Waals surface area (Å²) >= 11 is 1.26. The van der Waals surface area contributed by atoms with Crippen molar-refractivity contribution in [3.63, 3.8) is 0 Å². The molecule has 6 heteroatoms. The normalized spacial score (nSPS) is 15.1. The summed E-state index contributed by atoms with van der Waals surface area (Å²) in [6, 6.07) is 6.93. The van der Waals surface area contributed by atoms with Gasteiger partial charge in [-0.1, -0.05) is 18.2 Å². The van der Waals surface area contributed by atoms with Crippen LogP contribution in [0.25, 0.3) is 0 Å². The third-order valence-electron chi connectivity index (χ3n) is 3.03.